The highest BCUT2D eigenvalue weighted by atomic mass is 16.1. The molecule has 0 radical (unpaired) electrons. The van der Waals surface area contributed by atoms with E-state index in [4.69, 9.17) is 5.84 Å². The number of carbonyl (C=O) groups excluding carboxylic acids is 1. The van der Waals surface area contributed by atoms with Gasteiger partial charge >= 0.3 is 0 Å². The van der Waals surface area contributed by atoms with Crippen LogP contribution in [0.15, 0.2) is 18.2 Å². The van der Waals surface area contributed by atoms with Crippen LogP contribution in [0.5, 0.6) is 0 Å². The zero-order valence-electron chi connectivity index (χ0n) is 12.0. The summed E-state index contributed by atoms with van der Waals surface area (Å²) in [6.07, 6.45) is 5.42. The number of nitrogens with one attached hydrogen (secondary N) is 2. The van der Waals surface area contributed by atoms with E-state index in [0.29, 0.717) is 17.2 Å². The van der Waals surface area contributed by atoms with Gasteiger partial charge in [0.2, 0.25) is 0 Å². The monoisotopic (exact) mass is 273 g/mol. The third-order valence-electron chi connectivity index (χ3n) is 4.98. The molecular formula is C16H23N3O. The van der Waals surface area contributed by atoms with E-state index in [1.807, 2.05) is 25.1 Å². The lowest BCUT2D eigenvalue weighted by molar-refractivity contribution is 0.0942. The smallest absolute Gasteiger partial charge is 0.253 e. The summed E-state index contributed by atoms with van der Waals surface area (Å²) in [5, 5.41) is 3.09. The summed E-state index contributed by atoms with van der Waals surface area (Å²) in [5.74, 6) is 7.89. The first-order chi connectivity index (χ1) is 9.67. The highest BCUT2D eigenvalue weighted by Crippen LogP contribution is 2.47. The minimum Gasteiger partial charge on any atom is -0.352 e. The predicted molar refractivity (Wildman–Crippen MR) is 80.3 cm³/mol. The number of carbonyl (C=O) groups is 1. The van der Waals surface area contributed by atoms with Gasteiger partial charge < -0.3 is 10.7 Å². The van der Waals surface area contributed by atoms with E-state index in [2.05, 4.69) is 10.7 Å². The second-order valence-corrected chi connectivity index (χ2v) is 6.34. The molecule has 3 unspecified atom stereocenters. The minimum atomic E-state index is -0.0237. The number of nitrogens with two attached hydrogens (primary N) is 1. The average molecular weight is 273 g/mol. The van der Waals surface area contributed by atoms with Gasteiger partial charge in [-0.2, -0.15) is 0 Å². The summed E-state index contributed by atoms with van der Waals surface area (Å²) in [4.78, 5) is 12.3. The van der Waals surface area contributed by atoms with Crippen LogP contribution in [0.4, 0.5) is 5.69 Å². The molecule has 2 aliphatic carbocycles. The van der Waals surface area contributed by atoms with Gasteiger partial charge in [0.05, 0.1) is 11.3 Å². The third kappa shape index (κ3) is 2.52. The lowest BCUT2D eigenvalue weighted by atomic mass is 9.89. The van der Waals surface area contributed by atoms with Crippen molar-refractivity contribution in [1.82, 2.24) is 5.32 Å². The van der Waals surface area contributed by atoms with Crippen LogP contribution in [0.25, 0.3) is 0 Å². The Labute approximate surface area is 120 Å². The molecule has 108 valence electrons. The Morgan fingerprint density at radius 3 is 2.85 bits per heavy atom. The average Bonchev–Trinajstić information content (AvgIpc) is 3.07. The summed E-state index contributed by atoms with van der Waals surface area (Å²) < 4.78 is 0. The number of fused-ring (bicyclic) bond motifs is 2. The fourth-order valence-corrected chi connectivity index (χ4v) is 3.92. The Kier molecular flexibility index (Phi) is 3.66. The molecule has 4 nitrogen and oxygen atoms in total. The van der Waals surface area contributed by atoms with Gasteiger partial charge in [-0.15, -0.1) is 0 Å². The number of rotatable bonds is 4. The van der Waals surface area contributed by atoms with Crippen LogP contribution in [0.3, 0.4) is 0 Å². The number of aryl methyl sites for hydroxylation is 1. The zero-order chi connectivity index (χ0) is 14.1. The molecule has 4 heteroatoms. The Morgan fingerprint density at radius 1 is 1.35 bits per heavy atom. The van der Waals surface area contributed by atoms with Crippen molar-refractivity contribution < 1.29 is 4.79 Å². The maximum absolute atomic E-state index is 12.3. The molecule has 0 heterocycles. The first-order valence-electron chi connectivity index (χ1n) is 7.53. The van der Waals surface area contributed by atoms with E-state index in [0.717, 1.165) is 23.9 Å². The summed E-state index contributed by atoms with van der Waals surface area (Å²) in [7, 11) is 0. The Morgan fingerprint density at radius 2 is 2.20 bits per heavy atom. The molecule has 0 aliphatic heterocycles. The molecule has 0 aromatic heterocycles. The maximum Gasteiger partial charge on any atom is 0.253 e. The number of benzene rings is 1. The molecule has 2 saturated carbocycles. The molecule has 0 saturated heterocycles. The van der Waals surface area contributed by atoms with E-state index >= 15 is 0 Å². The largest absolute Gasteiger partial charge is 0.352 e. The molecule has 1 aromatic carbocycles. The van der Waals surface area contributed by atoms with Crippen LogP contribution in [0.1, 0.15) is 41.6 Å². The van der Waals surface area contributed by atoms with Crippen molar-refractivity contribution in [3.63, 3.8) is 0 Å². The van der Waals surface area contributed by atoms with Crippen molar-refractivity contribution in [1.29, 1.82) is 0 Å². The lowest BCUT2D eigenvalue weighted by Crippen LogP contribution is -2.32. The summed E-state index contributed by atoms with van der Waals surface area (Å²) in [6.45, 7) is 2.78. The molecule has 20 heavy (non-hydrogen) atoms. The van der Waals surface area contributed by atoms with Gasteiger partial charge in [0.15, 0.2) is 0 Å². The number of amides is 1. The zero-order valence-corrected chi connectivity index (χ0v) is 12.0. The van der Waals surface area contributed by atoms with Gasteiger partial charge in [-0.25, -0.2) is 0 Å². The number of anilines is 1. The van der Waals surface area contributed by atoms with E-state index in [9.17, 15) is 4.79 Å². The fourth-order valence-electron chi connectivity index (χ4n) is 3.92. The standard InChI is InChI=1S/C16H23N3O/c1-10-2-5-15(19-17)14(6-10)16(20)18-9-13-8-11-3-4-12(13)7-11/h2,5-6,11-13,19H,3-4,7-9,17H2,1H3,(H,18,20). The van der Waals surface area contributed by atoms with Crippen LogP contribution < -0.4 is 16.6 Å². The van der Waals surface area contributed by atoms with Crippen molar-refractivity contribution in [3.05, 3.63) is 29.3 Å². The Balaban J connectivity index is 1.63. The highest BCUT2D eigenvalue weighted by Gasteiger charge is 2.39. The molecule has 3 rings (SSSR count). The summed E-state index contributed by atoms with van der Waals surface area (Å²) in [6, 6.07) is 5.68. The molecule has 1 aromatic rings. The summed E-state index contributed by atoms with van der Waals surface area (Å²) in [5.41, 5.74) is 4.98. The lowest BCUT2D eigenvalue weighted by Gasteiger charge is -2.22. The van der Waals surface area contributed by atoms with E-state index in [1.165, 1.54) is 25.7 Å². The number of hydrogen-bond acceptors (Lipinski definition) is 3. The van der Waals surface area contributed by atoms with Gasteiger partial charge in [-0.1, -0.05) is 18.1 Å². The van der Waals surface area contributed by atoms with Gasteiger partial charge in [0, 0.05) is 6.54 Å². The molecule has 2 bridgehead atoms. The van der Waals surface area contributed by atoms with Gasteiger partial charge in [-0.3, -0.25) is 10.6 Å². The van der Waals surface area contributed by atoms with Gasteiger partial charge in [0.25, 0.3) is 5.91 Å². The van der Waals surface area contributed by atoms with Crippen LogP contribution in [0.2, 0.25) is 0 Å². The minimum absolute atomic E-state index is 0.0237. The van der Waals surface area contributed by atoms with E-state index < -0.39 is 0 Å². The third-order valence-corrected chi connectivity index (χ3v) is 4.98. The van der Waals surface area contributed by atoms with Crippen LogP contribution in [-0.4, -0.2) is 12.5 Å². The molecule has 2 fully saturated rings. The van der Waals surface area contributed by atoms with Crippen molar-refractivity contribution in [3.8, 4) is 0 Å². The van der Waals surface area contributed by atoms with E-state index in [1.54, 1.807) is 0 Å². The molecule has 3 atom stereocenters. The predicted octanol–water partition coefficient (Wildman–Crippen LogP) is 2.45. The second-order valence-electron chi connectivity index (χ2n) is 6.34. The molecule has 0 spiro atoms. The van der Waals surface area contributed by atoms with Crippen LogP contribution >= 0.6 is 0 Å². The normalized spacial score (nSPS) is 27.6. The molecule has 2 aliphatic rings. The quantitative estimate of drug-likeness (QED) is 0.583. The first kappa shape index (κ1) is 13.4. The number of nitrogen functional groups attached to an aromatic ring is 1. The summed E-state index contributed by atoms with van der Waals surface area (Å²) >= 11 is 0. The molecule has 1 amide bonds. The SMILES string of the molecule is Cc1ccc(NN)c(C(=O)NCC2CC3CCC2C3)c1. The second kappa shape index (κ2) is 5.44. The van der Waals surface area contributed by atoms with Crippen molar-refractivity contribution in [2.45, 2.75) is 32.6 Å². The first-order valence-corrected chi connectivity index (χ1v) is 7.53. The van der Waals surface area contributed by atoms with Gasteiger partial charge in [0.1, 0.15) is 0 Å². The van der Waals surface area contributed by atoms with Crippen molar-refractivity contribution >= 4 is 11.6 Å². The van der Waals surface area contributed by atoms with E-state index in [-0.39, 0.29) is 5.91 Å². The Bertz CT molecular complexity index is 514. The van der Waals surface area contributed by atoms with Crippen molar-refractivity contribution in [2.24, 2.45) is 23.6 Å². The van der Waals surface area contributed by atoms with Crippen LogP contribution in [-0.2, 0) is 0 Å². The van der Waals surface area contributed by atoms with Crippen LogP contribution in [0, 0.1) is 24.7 Å². The number of hydrogen-bond donors (Lipinski definition) is 3. The van der Waals surface area contributed by atoms with Crippen molar-refractivity contribution in [2.75, 3.05) is 12.0 Å². The topological polar surface area (TPSA) is 67.1 Å². The van der Waals surface area contributed by atoms with Gasteiger partial charge in [-0.05, 0) is 56.1 Å². The Hall–Kier alpha value is -1.55. The highest BCUT2D eigenvalue weighted by molar-refractivity contribution is 5.99. The molecular weight excluding hydrogens is 250 g/mol. The maximum atomic E-state index is 12.3. The fraction of sp³-hybridized carbons (Fsp3) is 0.562. The molecule has 4 N–H and O–H groups in total. The number of hydrazine groups is 1.